The molecule has 33 heavy (non-hydrogen) atoms. The third-order valence-electron chi connectivity index (χ3n) is 5.89. The average Bonchev–Trinajstić information content (AvgIpc) is 3.45. The summed E-state index contributed by atoms with van der Waals surface area (Å²) in [6.45, 7) is 7.12. The van der Waals surface area contributed by atoms with E-state index in [4.69, 9.17) is 9.72 Å². The number of hydrogen-bond acceptors (Lipinski definition) is 10. The number of morpholine rings is 1. The second kappa shape index (κ2) is 10.0. The quantitative estimate of drug-likeness (QED) is 0.480. The Balaban J connectivity index is 1.36. The number of ether oxygens (including phenoxy) is 1. The Morgan fingerprint density at radius 1 is 1.06 bits per heavy atom. The first-order chi connectivity index (χ1) is 16.3. The van der Waals surface area contributed by atoms with Gasteiger partial charge in [-0.3, -0.25) is 9.69 Å². The van der Waals surface area contributed by atoms with Crippen LogP contribution in [0.1, 0.15) is 12.8 Å². The number of anilines is 3. The Bertz CT molecular complexity index is 1080. The predicted molar refractivity (Wildman–Crippen MR) is 122 cm³/mol. The molecule has 0 aliphatic carbocycles. The molecule has 5 heterocycles. The summed E-state index contributed by atoms with van der Waals surface area (Å²) in [7, 11) is 0. The van der Waals surface area contributed by atoms with Crippen molar-refractivity contribution in [3.8, 4) is 0 Å². The number of fused-ring (bicyclic) bond motifs is 1. The highest BCUT2D eigenvalue weighted by Crippen LogP contribution is 2.22. The number of amides is 1. The van der Waals surface area contributed by atoms with Crippen LogP contribution in [0.3, 0.4) is 0 Å². The van der Waals surface area contributed by atoms with Crippen molar-refractivity contribution in [3.05, 3.63) is 24.9 Å². The van der Waals surface area contributed by atoms with Crippen molar-refractivity contribution in [2.75, 3.05) is 63.1 Å². The Labute approximate surface area is 191 Å². The number of rotatable bonds is 9. The summed E-state index contributed by atoms with van der Waals surface area (Å²) in [5, 5.41) is 6.58. The van der Waals surface area contributed by atoms with Gasteiger partial charge < -0.3 is 24.8 Å². The highest BCUT2D eigenvalue weighted by molar-refractivity contribution is 5.84. The van der Waals surface area contributed by atoms with Crippen LogP contribution in [0, 0.1) is 0 Å². The first kappa shape index (κ1) is 21.5. The molecule has 3 aromatic rings. The summed E-state index contributed by atoms with van der Waals surface area (Å²) in [6.07, 6.45) is 6.46. The molecular weight excluding hydrogens is 424 g/mol. The Morgan fingerprint density at radius 2 is 1.97 bits per heavy atom. The van der Waals surface area contributed by atoms with Gasteiger partial charge in [0.25, 0.3) is 0 Å². The van der Waals surface area contributed by atoms with Gasteiger partial charge in [0.05, 0.1) is 19.5 Å². The van der Waals surface area contributed by atoms with E-state index < -0.39 is 0 Å². The highest BCUT2D eigenvalue weighted by Gasteiger charge is 2.21. The van der Waals surface area contributed by atoms with Gasteiger partial charge in [0.2, 0.25) is 11.9 Å². The molecule has 0 aromatic carbocycles. The van der Waals surface area contributed by atoms with Crippen LogP contribution in [0.2, 0.25) is 0 Å². The van der Waals surface area contributed by atoms with Crippen LogP contribution in [0.4, 0.5) is 17.6 Å². The molecule has 0 saturated carbocycles. The maximum Gasteiger partial charge on any atom is 0.232 e. The van der Waals surface area contributed by atoms with E-state index in [1.54, 1.807) is 18.6 Å². The maximum atomic E-state index is 12.0. The normalized spacial score (nSPS) is 17.1. The number of carbonyl (C=O) groups excluding carboxylic acids is 1. The van der Waals surface area contributed by atoms with Crippen LogP contribution in [0.25, 0.3) is 11.2 Å². The largest absolute Gasteiger partial charge is 0.379 e. The number of likely N-dealkylation sites (tertiary alicyclic amines) is 1. The molecule has 2 N–H and O–H groups in total. The molecule has 5 rings (SSSR count). The van der Waals surface area contributed by atoms with E-state index in [0.29, 0.717) is 48.3 Å². The lowest BCUT2D eigenvalue weighted by Crippen LogP contribution is -2.39. The molecule has 0 spiro atoms. The molecule has 2 fully saturated rings. The zero-order chi connectivity index (χ0) is 22.5. The minimum absolute atomic E-state index is 0.214. The molecule has 2 aliphatic rings. The van der Waals surface area contributed by atoms with Gasteiger partial charge in [-0.25, -0.2) is 15.0 Å². The van der Waals surface area contributed by atoms with E-state index in [1.807, 2.05) is 9.47 Å². The molecule has 12 heteroatoms. The molecule has 0 radical (unpaired) electrons. The summed E-state index contributed by atoms with van der Waals surface area (Å²) in [6, 6.07) is 1.76. The van der Waals surface area contributed by atoms with E-state index >= 15 is 0 Å². The van der Waals surface area contributed by atoms with Crippen molar-refractivity contribution in [2.24, 2.45) is 0 Å². The van der Waals surface area contributed by atoms with Gasteiger partial charge >= 0.3 is 0 Å². The zero-order valence-corrected chi connectivity index (χ0v) is 18.5. The van der Waals surface area contributed by atoms with Gasteiger partial charge in [-0.1, -0.05) is 0 Å². The van der Waals surface area contributed by atoms with E-state index in [9.17, 15) is 4.79 Å². The van der Waals surface area contributed by atoms with Crippen LogP contribution in [0.15, 0.2) is 24.9 Å². The van der Waals surface area contributed by atoms with Crippen LogP contribution in [-0.2, 0) is 16.1 Å². The molecule has 3 aromatic heterocycles. The summed E-state index contributed by atoms with van der Waals surface area (Å²) in [4.78, 5) is 38.4. The van der Waals surface area contributed by atoms with Gasteiger partial charge in [-0.15, -0.1) is 0 Å². The van der Waals surface area contributed by atoms with Crippen molar-refractivity contribution < 1.29 is 9.53 Å². The van der Waals surface area contributed by atoms with Gasteiger partial charge in [-0.2, -0.15) is 9.97 Å². The van der Waals surface area contributed by atoms with Crippen molar-refractivity contribution in [1.29, 1.82) is 0 Å². The van der Waals surface area contributed by atoms with Crippen molar-refractivity contribution in [3.63, 3.8) is 0 Å². The van der Waals surface area contributed by atoms with Gasteiger partial charge in [0.15, 0.2) is 17.0 Å². The van der Waals surface area contributed by atoms with Crippen molar-refractivity contribution in [2.45, 2.75) is 19.4 Å². The van der Waals surface area contributed by atoms with Crippen molar-refractivity contribution in [1.82, 2.24) is 39.3 Å². The number of nitrogens with one attached hydrogen (secondary N) is 2. The minimum Gasteiger partial charge on any atom is -0.379 e. The Hall–Kier alpha value is -3.38. The fraction of sp³-hybridized carbons (Fsp3) is 0.524. The predicted octanol–water partition coefficient (Wildman–Crippen LogP) is 0.726. The minimum atomic E-state index is 0.214. The highest BCUT2D eigenvalue weighted by atomic mass is 16.5. The van der Waals surface area contributed by atoms with Crippen LogP contribution >= 0.6 is 0 Å². The molecule has 2 saturated heterocycles. The SMILES string of the molecule is O=C1CCCN1CCn1cnc2c(NCCN3CCOCC3)nc(Nc3ccncn3)nc21. The molecular formula is C21H28N10O2. The zero-order valence-electron chi connectivity index (χ0n) is 18.5. The lowest BCUT2D eigenvalue weighted by molar-refractivity contribution is -0.127. The third kappa shape index (κ3) is 5.17. The molecule has 0 atom stereocenters. The smallest absolute Gasteiger partial charge is 0.232 e. The third-order valence-corrected chi connectivity index (χ3v) is 5.89. The van der Waals surface area contributed by atoms with Crippen molar-refractivity contribution >= 4 is 34.7 Å². The maximum absolute atomic E-state index is 12.0. The van der Waals surface area contributed by atoms with E-state index in [-0.39, 0.29) is 5.91 Å². The van der Waals surface area contributed by atoms with E-state index in [2.05, 4.69) is 35.5 Å². The standard InChI is InChI=1S/C21H28N10O2/c32-17-2-1-6-30(17)8-9-31-15-25-18-19(23-5-7-29-10-12-33-13-11-29)27-21(28-20(18)31)26-16-3-4-22-14-24-16/h3-4,14-15H,1-2,5-13H2,(H2,22,23,24,26,27,28). The fourth-order valence-electron chi connectivity index (χ4n) is 4.09. The first-order valence-corrected chi connectivity index (χ1v) is 11.3. The van der Waals surface area contributed by atoms with Crippen LogP contribution in [0.5, 0.6) is 0 Å². The Morgan fingerprint density at radius 3 is 2.76 bits per heavy atom. The summed E-state index contributed by atoms with van der Waals surface area (Å²) >= 11 is 0. The number of imidazole rings is 1. The number of carbonyl (C=O) groups is 1. The average molecular weight is 453 g/mol. The summed E-state index contributed by atoms with van der Waals surface area (Å²) in [5.74, 6) is 1.91. The molecule has 174 valence electrons. The van der Waals surface area contributed by atoms with E-state index in [1.165, 1.54) is 6.33 Å². The van der Waals surface area contributed by atoms with Crippen LogP contribution in [-0.4, -0.2) is 97.7 Å². The lowest BCUT2D eigenvalue weighted by Gasteiger charge is -2.26. The fourth-order valence-corrected chi connectivity index (χ4v) is 4.09. The number of aromatic nitrogens is 6. The lowest BCUT2D eigenvalue weighted by atomic mass is 10.4. The molecule has 0 unspecified atom stereocenters. The second-order valence-corrected chi connectivity index (χ2v) is 8.09. The molecule has 0 bridgehead atoms. The topological polar surface area (TPSA) is 126 Å². The first-order valence-electron chi connectivity index (χ1n) is 11.3. The summed E-state index contributed by atoms with van der Waals surface area (Å²) in [5.41, 5.74) is 1.42. The number of hydrogen-bond donors (Lipinski definition) is 2. The molecule has 2 aliphatic heterocycles. The molecule has 1 amide bonds. The monoisotopic (exact) mass is 452 g/mol. The van der Waals surface area contributed by atoms with E-state index in [0.717, 1.165) is 52.4 Å². The number of nitrogens with zero attached hydrogens (tertiary/aromatic N) is 8. The van der Waals surface area contributed by atoms with Gasteiger partial charge in [0, 0.05) is 58.4 Å². The molecule has 12 nitrogen and oxygen atoms in total. The second-order valence-electron chi connectivity index (χ2n) is 8.09. The van der Waals surface area contributed by atoms with Gasteiger partial charge in [-0.05, 0) is 12.5 Å². The van der Waals surface area contributed by atoms with Crippen LogP contribution < -0.4 is 10.6 Å². The Kier molecular flexibility index (Phi) is 6.53. The summed E-state index contributed by atoms with van der Waals surface area (Å²) < 4.78 is 7.40. The van der Waals surface area contributed by atoms with Gasteiger partial charge in [0.1, 0.15) is 12.1 Å².